The molecule has 0 atom stereocenters. The van der Waals surface area contributed by atoms with Crippen LogP contribution in [0.15, 0.2) is 0 Å². The van der Waals surface area contributed by atoms with Gasteiger partial charge in [0.15, 0.2) is 0 Å². The van der Waals surface area contributed by atoms with Crippen LogP contribution in [-0.4, -0.2) is 12.6 Å². The molecule has 0 saturated heterocycles. The molecule has 0 rings (SSSR count). The molecular weight excluding hydrogens is 394 g/mol. The molecule has 0 aliphatic rings. The Morgan fingerprint density at radius 2 is 1.00 bits per heavy atom. The molecule has 0 aliphatic carbocycles. The van der Waals surface area contributed by atoms with E-state index in [-0.39, 0.29) is 11.8 Å². The third-order valence-corrected chi connectivity index (χ3v) is 0.471. The van der Waals surface area contributed by atoms with Gasteiger partial charge in [-0.25, -0.2) is 0 Å². The second kappa shape index (κ2) is 18.4. The Morgan fingerprint density at radius 1 is 0.923 bits per heavy atom. The van der Waals surface area contributed by atoms with Crippen LogP contribution in [0.4, 0.5) is 0 Å². The zero-order chi connectivity index (χ0) is 11.3. The Bertz CT molecular complexity index is 96.3. The first kappa shape index (κ1) is 19.2. The molecule has 0 aromatic rings. The Hall–Kier alpha value is 0.608. The SMILES string of the molecule is CC(C)[C-]=O.CC(C)[C-]=O.[Cl][Pt+2][Cl]. The number of hydrogen-bond acceptors (Lipinski definition) is 2. The second-order valence-electron chi connectivity index (χ2n) is 2.59. The van der Waals surface area contributed by atoms with Crippen molar-refractivity contribution in [3.05, 3.63) is 0 Å². The first-order valence-electron chi connectivity index (χ1n) is 3.53. The zero-order valence-electron chi connectivity index (χ0n) is 8.04. The van der Waals surface area contributed by atoms with Gasteiger partial charge in [-0.05, 0) is 0 Å². The maximum atomic E-state index is 9.38. The van der Waals surface area contributed by atoms with Crippen LogP contribution in [0.25, 0.3) is 0 Å². The first-order chi connectivity index (χ1) is 5.95. The average Bonchev–Trinajstić information content (AvgIpc) is 2.07. The van der Waals surface area contributed by atoms with Crippen LogP contribution in [-0.2, 0) is 26.1 Å². The van der Waals surface area contributed by atoms with E-state index in [1.807, 2.05) is 0 Å². The summed E-state index contributed by atoms with van der Waals surface area (Å²) in [7, 11) is 9.75. The van der Waals surface area contributed by atoms with Crippen molar-refractivity contribution in [1.82, 2.24) is 0 Å². The predicted octanol–water partition coefficient (Wildman–Crippen LogP) is 2.88. The van der Waals surface area contributed by atoms with E-state index in [1.165, 1.54) is 0 Å². The topological polar surface area (TPSA) is 34.1 Å². The van der Waals surface area contributed by atoms with E-state index in [1.54, 1.807) is 40.3 Å². The molecular formula is C8H14Cl2O2Pt. The number of halogens is 2. The molecule has 0 unspecified atom stereocenters. The van der Waals surface area contributed by atoms with Crippen LogP contribution in [0.3, 0.4) is 0 Å². The van der Waals surface area contributed by atoms with Gasteiger partial charge in [0, 0.05) is 0 Å². The van der Waals surface area contributed by atoms with E-state index in [2.05, 4.69) is 0 Å². The molecule has 0 N–H and O–H groups in total. The van der Waals surface area contributed by atoms with E-state index in [4.69, 9.17) is 18.8 Å². The molecule has 0 fully saturated rings. The molecule has 0 amide bonds. The van der Waals surface area contributed by atoms with E-state index in [0.717, 1.165) is 0 Å². The summed E-state index contributed by atoms with van der Waals surface area (Å²) in [5, 5.41) is 0. The Morgan fingerprint density at radius 3 is 1.00 bits per heavy atom. The average molecular weight is 408 g/mol. The minimum absolute atomic E-state index is 0.0787. The molecule has 2 nitrogen and oxygen atoms in total. The number of carbonyl (C=O) groups excluding carboxylic acids is 2. The van der Waals surface area contributed by atoms with Gasteiger partial charge < -0.3 is 9.59 Å². The van der Waals surface area contributed by atoms with Gasteiger partial charge in [-0.15, -0.1) is 11.8 Å². The monoisotopic (exact) mass is 407 g/mol. The molecule has 0 bridgehead atoms. The van der Waals surface area contributed by atoms with Gasteiger partial charge in [-0.1, -0.05) is 27.7 Å². The van der Waals surface area contributed by atoms with Crippen LogP contribution < -0.4 is 0 Å². The second-order valence-corrected chi connectivity index (χ2v) is 5.87. The molecule has 0 spiro atoms. The van der Waals surface area contributed by atoms with Crippen molar-refractivity contribution in [2.45, 2.75) is 27.7 Å². The van der Waals surface area contributed by atoms with Gasteiger partial charge >= 0.3 is 35.3 Å². The van der Waals surface area contributed by atoms with Crippen LogP contribution in [0.2, 0.25) is 0 Å². The van der Waals surface area contributed by atoms with Crippen molar-refractivity contribution in [3.8, 4) is 0 Å². The van der Waals surface area contributed by atoms with Crippen molar-refractivity contribution in [2.75, 3.05) is 0 Å². The summed E-state index contributed by atoms with van der Waals surface area (Å²) >= 11 is -0.472. The van der Waals surface area contributed by atoms with Gasteiger partial charge in [0.1, 0.15) is 0 Å². The summed E-state index contributed by atoms with van der Waals surface area (Å²) in [5.74, 6) is 0.157. The van der Waals surface area contributed by atoms with Crippen LogP contribution in [0.5, 0.6) is 0 Å². The normalized spacial score (nSPS) is 8.31. The molecule has 0 aromatic carbocycles. The maximum absolute atomic E-state index is 9.38. The number of hydrogen-bond donors (Lipinski definition) is 0. The van der Waals surface area contributed by atoms with Gasteiger partial charge in [0.25, 0.3) is 0 Å². The van der Waals surface area contributed by atoms with Gasteiger partial charge in [0.2, 0.25) is 0 Å². The fourth-order valence-corrected chi connectivity index (χ4v) is 0. The predicted molar refractivity (Wildman–Crippen MR) is 52.8 cm³/mol. The summed E-state index contributed by atoms with van der Waals surface area (Å²) < 4.78 is 0. The molecule has 0 aliphatic heterocycles. The third-order valence-electron chi connectivity index (χ3n) is 0.471. The molecule has 13 heavy (non-hydrogen) atoms. The van der Waals surface area contributed by atoms with E-state index in [9.17, 15) is 9.59 Å². The van der Waals surface area contributed by atoms with Crippen molar-refractivity contribution in [1.29, 1.82) is 0 Å². The van der Waals surface area contributed by atoms with Crippen molar-refractivity contribution < 1.29 is 26.1 Å². The summed E-state index contributed by atoms with van der Waals surface area (Å²) in [4.78, 5) is 18.8. The van der Waals surface area contributed by atoms with E-state index in [0.29, 0.717) is 0 Å². The Balaban J connectivity index is -0.000000120. The minimum atomic E-state index is -0.472. The Kier molecular flexibility index (Phi) is 27.2. The van der Waals surface area contributed by atoms with Crippen molar-refractivity contribution in [3.63, 3.8) is 0 Å². The van der Waals surface area contributed by atoms with Crippen LogP contribution in [0.1, 0.15) is 27.7 Å². The molecule has 0 saturated carbocycles. The summed E-state index contributed by atoms with van der Waals surface area (Å²) in [5.41, 5.74) is 0. The summed E-state index contributed by atoms with van der Waals surface area (Å²) in [6.07, 6.45) is 3.56. The molecule has 0 heterocycles. The standard InChI is InChI=1S/2C4H7O.2ClH.Pt/c2*1-4(2)3-5;;;/h2*4H,1-2H3;2*1H;/q2*-1;;;+4/p-2. The van der Waals surface area contributed by atoms with E-state index >= 15 is 0 Å². The molecule has 0 aromatic heterocycles. The van der Waals surface area contributed by atoms with Crippen molar-refractivity contribution >= 4 is 31.4 Å². The first-order valence-corrected chi connectivity index (χ1v) is 9.17. The van der Waals surface area contributed by atoms with Crippen molar-refractivity contribution in [2.24, 2.45) is 11.8 Å². The fourth-order valence-electron chi connectivity index (χ4n) is 0. The fraction of sp³-hybridized carbons (Fsp3) is 0.750. The number of rotatable bonds is 2. The van der Waals surface area contributed by atoms with E-state index < -0.39 is 16.5 Å². The van der Waals surface area contributed by atoms with Gasteiger partial charge in [0.05, 0.1) is 0 Å². The van der Waals surface area contributed by atoms with Gasteiger partial charge in [-0.2, -0.15) is 0 Å². The quantitative estimate of drug-likeness (QED) is 0.659. The molecule has 5 heteroatoms. The zero-order valence-corrected chi connectivity index (χ0v) is 11.8. The Labute approximate surface area is 96.8 Å². The third kappa shape index (κ3) is 66.8. The molecule has 82 valence electrons. The van der Waals surface area contributed by atoms with Crippen LogP contribution in [0, 0.1) is 11.8 Å². The molecule has 0 radical (unpaired) electrons. The summed E-state index contributed by atoms with van der Waals surface area (Å²) in [6, 6.07) is 0. The van der Waals surface area contributed by atoms with Gasteiger partial charge in [-0.3, -0.25) is 12.6 Å². The van der Waals surface area contributed by atoms with Crippen LogP contribution >= 0.6 is 18.8 Å². The summed E-state index contributed by atoms with van der Waals surface area (Å²) in [6.45, 7) is 7.19.